The smallest absolute Gasteiger partial charge is 0.294 e. The first kappa shape index (κ1) is 37.1. The Hall–Kier alpha value is -2.75. The Labute approximate surface area is 289 Å². The molecule has 0 atom stereocenters. The quantitative estimate of drug-likeness (QED) is 0.112. The number of benzene rings is 2. The number of hydrogen-bond acceptors (Lipinski definition) is 3. The Kier molecular flexibility index (Phi) is 10.5. The van der Waals surface area contributed by atoms with Gasteiger partial charge in [0.15, 0.2) is 12.3 Å². The minimum atomic E-state index is -4.33. The number of quaternary nitrogens is 2. The Balaban J connectivity index is 1.71. The number of nitrogens with zero attached hydrogens (tertiary/aromatic N) is 4. The lowest BCUT2D eigenvalue weighted by molar-refractivity contribution is -0.871. The first-order valence-corrected chi connectivity index (χ1v) is 18.4. The monoisotopic (exact) mass is 683 g/mol. The molecule has 0 spiro atoms. The second-order valence-corrected chi connectivity index (χ2v) is 18.1. The first-order valence-electron chi connectivity index (χ1n) is 16.5. The van der Waals surface area contributed by atoms with Crippen molar-refractivity contribution in [1.29, 1.82) is 0 Å². The van der Waals surface area contributed by atoms with Crippen LogP contribution >= 0.6 is 11.6 Å². The van der Waals surface area contributed by atoms with E-state index in [1.807, 2.05) is 18.2 Å². The van der Waals surface area contributed by atoms with Crippen molar-refractivity contribution in [2.45, 2.75) is 63.2 Å². The number of fused-ring (bicyclic) bond motifs is 2. The predicted octanol–water partition coefficient (Wildman–Crippen LogP) is 7.17. The normalized spacial score (nSPS) is 18.9. The number of allylic oxidation sites excluding steroid dienone is 6. The molecule has 0 aliphatic carbocycles. The molecular formula is C38H56ClN4O3S+3. The van der Waals surface area contributed by atoms with Crippen LogP contribution in [-0.4, -0.2) is 101 Å². The molecular weight excluding hydrogens is 628 g/mol. The van der Waals surface area contributed by atoms with E-state index in [1.165, 1.54) is 28.6 Å². The predicted molar refractivity (Wildman–Crippen MR) is 197 cm³/mol. The van der Waals surface area contributed by atoms with Crippen molar-refractivity contribution >= 4 is 38.8 Å². The molecule has 2 aliphatic heterocycles. The van der Waals surface area contributed by atoms with Crippen molar-refractivity contribution in [3.8, 4) is 0 Å². The van der Waals surface area contributed by atoms with Gasteiger partial charge in [0.1, 0.15) is 0 Å². The fourth-order valence-corrected chi connectivity index (χ4v) is 7.50. The summed E-state index contributed by atoms with van der Waals surface area (Å²) in [6.07, 6.45) is 10.2. The number of halogens is 1. The van der Waals surface area contributed by atoms with Crippen LogP contribution in [0.4, 0.5) is 11.4 Å². The standard InChI is InChI=1S/C38H55ClN4O3S/c1-28-14-18-33-31(26-28)37(2,3)35(40(33)22-12-24-42(6,7)8)20-15-29(39)16-21-36-38(4,5)32-27-30(47(44,45)46)17-19-34(32)41(36)23-13-25-43(9,10)11/h14-21,26-27H,12-13,22-25H2,1-11H3/q+2/p+1. The molecule has 7 nitrogen and oxygen atoms in total. The van der Waals surface area contributed by atoms with E-state index >= 15 is 0 Å². The second kappa shape index (κ2) is 13.3. The zero-order valence-corrected chi connectivity index (χ0v) is 31.9. The summed E-state index contributed by atoms with van der Waals surface area (Å²) in [5.74, 6) is 0. The fraction of sp³-hybridized carbons (Fsp3) is 0.500. The highest BCUT2D eigenvalue weighted by atomic mass is 35.5. The van der Waals surface area contributed by atoms with E-state index in [0.29, 0.717) is 5.03 Å². The van der Waals surface area contributed by atoms with Crippen LogP contribution in [-0.2, 0) is 20.9 Å². The van der Waals surface area contributed by atoms with Crippen molar-refractivity contribution in [3.63, 3.8) is 0 Å². The van der Waals surface area contributed by atoms with Gasteiger partial charge in [0, 0.05) is 52.5 Å². The van der Waals surface area contributed by atoms with Gasteiger partial charge in [0.25, 0.3) is 10.1 Å². The van der Waals surface area contributed by atoms with Crippen LogP contribution in [0.25, 0.3) is 0 Å². The molecule has 0 aromatic heterocycles. The molecule has 0 fully saturated rings. The molecule has 0 unspecified atom stereocenters. The molecule has 2 aliphatic rings. The van der Waals surface area contributed by atoms with Crippen molar-refractivity contribution in [2.75, 3.05) is 73.4 Å². The van der Waals surface area contributed by atoms with Crippen molar-refractivity contribution < 1.29 is 26.5 Å². The molecule has 47 heavy (non-hydrogen) atoms. The van der Waals surface area contributed by atoms with E-state index in [0.717, 1.165) is 64.9 Å². The molecule has 0 bridgehead atoms. The lowest BCUT2D eigenvalue weighted by Crippen LogP contribution is -2.37. The van der Waals surface area contributed by atoms with Gasteiger partial charge in [-0.05, 0) is 62.8 Å². The van der Waals surface area contributed by atoms with Crippen LogP contribution < -0.4 is 4.90 Å². The summed E-state index contributed by atoms with van der Waals surface area (Å²) in [7, 11) is 8.92. The summed E-state index contributed by atoms with van der Waals surface area (Å²) in [6.45, 7) is 14.7. The minimum Gasteiger partial charge on any atom is -0.344 e. The number of rotatable bonds is 12. The Morgan fingerprint density at radius 2 is 1.55 bits per heavy atom. The fourth-order valence-electron chi connectivity index (χ4n) is 6.87. The lowest BCUT2D eigenvalue weighted by Gasteiger charge is -2.29. The zero-order chi connectivity index (χ0) is 35.2. The van der Waals surface area contributed by atoms with Crippen molar-refractivity contribution in [2.24, 2.45) is 0 Å². The van der Waals surface area contributed by atoms with E-state index in [1.54, 1.807) is 6.07 Å². The van der Waals surface area contributed by atoms with Gasteiger partial charge >= 0.3 is 0 Å². The largest absolute Gasteiger partial charge is 0.344 e. The summed E-state index contributed by atoms with van der Waals surface area (Å²) in [6, 6.07) is 11.7. The van der Waals surface area contributed by atoms with E-state index < -0.39 is 15.5 Å². The van der Waals surface area contributed by atoms with Crippen LogP contribution in [0.3, 0.4) is 0 Å². The summed E-state index contributed by atoms with van der Waals surface area (Å²) in [5, 5.41) is 0.607. The SMILES string of the molecule is Cc1ccc2c(c1)C(C)(C)\C(=C/C=C(Cl)/C=C/C1=[N+](CCC[N+](C)(C)C)c3ccc(S(=O)(=O)O)cc3C1(C)C)N2CCC[N+](C)(C)C. The summed E-state index contributed by atoms with van der Waals surface area (Å²) >= 11 is 6.94. The van der Waals surface area contributed by atoms with Gasteiger partial charge in [-0.25, -0.2) is 0 Å². The average molecular weight is 684 g/mol. The lowest BCUT2D eigenvalue weighted by atomic mass is 9.81. The number of aryl methyl sites for hydroxylation is 1. The molecule has 0 amide bonds. The summed E-state index contributed by atoms with van der Waals surface area (Å²) in [4.78, 5) is 2.37. The first-order chi connectivity index (χ1) is 21.5. The molecule has 2 aromatic rings. The van der Waals surface area contributed by atoms with Crippen LogP contribution in [0.15, 0.2) is 76.3 Å². The van der Waals surface area contributed by atoms with Gasteiger partial charge in [-0.15, -0.1) is 0 Å². The van der Waals surface area contributed by atoms with Crippen LogP contribution in [0, 0.1) is 6.92 Å². The molecule has 0 radical (unpaired) electrons. The van der Waals surface area contributed by atoms with Crippen LogP contribution in [0.1, 0.15) is 57.2 Å². The summed E-state index contributed by atoms with van der Waals surface area (Å²) in [5.41, 5.74) is 7.26. The van der Waals surface area contributed by atoms with Gasteiger partial charge in [-0.1, -0.05) is 43.1 Å². The average Bonchev–Trinajstić information content (AvgIpc) is 3.26. The Morgan fingerprint density at radius 3 is 2.17 bits per heavy atom. The number of anilines is 1. The van der Waals surface area contributed by atoms with Gasteiger partial charge in [-0.3, -0.25) is 4.55 Å². The van der Waals surface area contributed by atoms with Crippen LogP contribution in [0.5, 0.6) is 0 Å². The molecule has 0 saturated heterocycles. The molecule has 0 saturated carbocycles. The second-order valence-electron chi connectivity index (χ2n) is 16.3. The zero-order valence-electron chi connectivity index (χ0n) is 30.4. The minimum absolute atomic E-state index is 0.0909. The Morgan fingerprint density at radius 1 is 0.915 bits per heavy atom. The Bertz CT molecular complexity index is 1750. The number of hydrogen-bond donors (Lipinski definition) is 1. The topological polar surface area (TPSA) is 60.6 Å². The van der Waals surface area contributed by atoms with Gasteiger partial charge in [-0.2, -0.15) is 13.0 Å². The highest BCUT2D eigenvalue weighted by Crippen LogP contribution is 2.48. The maximum atomic E-state index is 12.0. The van der Waals surface area contributed by atoms with Gasteiger partial charge in [0.2, 0.25) is 5.69 Å². The summed E-state index contributed by atoms with van der Waals surface area (Å²) < 4.78 is 37.9. The highest BCUT2D eigenvalue weighted by Gasteiger charge is 2.45. The third-order valence-electron chi connectivity index (χ3n) is 9.43. The molecule has 4 rings (SSSR count). The third kappa shape index (κ3) is 8.46. The molecule has 1 N–H and O–H groups in total. The van der Waals surface area contributed by atoms with E-state index in [9.17, 15) is 13.0 Å². The van der Waals surface area contributed by atoms with Gasteiger partial charge < -0.3 is 13.9 Å². The van der Waals surface area contributed by atoms with Crippen molar-refractivity contribution in [1.82, 2.24) is 0 Å². The highest BCUT2D eigenvalue weighted by molar-refractivity contribution is 7.85. The van der Waals surface area contributed by atoms with Crippen molar-refractivity contribution in [3.05, 3.63) is 88.1 Å². The van der Waals surface area contributed by atoms with E-state index in [-0.39, 0.29) is 10.3 Å². The molecule has 2 aromatic carbocycles. The maximum Gasteiger partial charge on any atom is 0.294 e. The molecule has 256 valence electrons. The van der Waals surface area contributed by atoms with Gasteiger partial charge in [0.05, 0.1) is 72.1 Å². The van der Waals surface area contributed by atoms with E-state index in [2.05, 4.69) is 117 Å². The maximum absolute atomic E-state index is 12.0. The third-order valence-corrected chi connectivity index (χ3v) is 10.5. The van der Waals surface area contributed by atoms with Crippen LogP contribution in [0.2, 0.25) is 0 Å². The molecule has 2 heterocycles. The van der Waals surface area contributed by atoms with E-state index in [4.69, 9.17) is 11.6 Å². The molecule has 9 heteroatoms.